The van der Waals surface area contributed by atoms with Crippen LogP contribution in [0.15, 0.2) is 42.5 Å². The third-order valence-electron chi connectivity index (χ3n) is 2.40. The highest BCUT2D eigenvalue weighted by Crippen LogP contribution is 2.28. The fourth-order valence-corrected chi connectivity index (χ4v) is 1.64. The number of anilines is 1. The fraction of sp³-hybridized carbons (Fsp3) is 0.0769. The van der Waals surface area contributed by atoms with Gasteiger partial charge in [0.15, 0.2) is 0 Å². The van der Waals surface area contributed by atoms with Crippen molar-refractivity contribution in [2.45, 2.75) is 0 Å². The van der Waals surface area contributed by atoms with Crippen molar-refractivity contribution in [3.63, 3.8) is 0 Å². The van der Waals surface area contributed by atoms with Crippen molar-refractivity contribution in [1.29, 1.82) is 0 Å². The molecule has 0 unspecified atom stereocenters. The van der Waals surface area contributed by atoms with E-state index in [2.05, 4.69) is 0 Å². The van der Waals surface area contributed by atoms with Crippen molar-refractivity contribution >= 4 is 17.3 Å². The average molecular weight is 234 g/mol. The Bertz CT molecular complexity index is 511. The lowest BCUT2D eigenvalue weighted by atomic mass is 10.1. The molecular weight excluding hydrogens is 222 g/mol. The van der Waals surface area contributed by atoms with Crippen LogP contribution in [0.2, 0.25) is 5.02 Å². The molecule has 0 atom stereocenters. The molecule has 3 heteroatoms. The van der Waals surface area contributed by atoms with E-state index in [0.717, 1.165) is 16.9 Å². The van der Waals surface area contributed by atoms with E-state index < -0.39 is 0 Å². The van der Waals surface area contributed by atoms with E-state index in [1.54, 1.807) is 13.2 Å². The van der Waals surface area contributed by atoms with Gasteiger partial charge in [0.05, 0.1) is 17.8 Å². The Morgan fingerprint density at radius 2 is 1.81 bits per heavy atom. The summed E-state index contributed by atoms with van der Waals surface area (Å²) in [4.78, 5) is 0. The second-order valence-corrected chi connectivity index (χ2v) is 3.88. The van der Waals surface area contributed by atoms with E-state index in [1.807, 2.05) is 36.4 Å². The number of methoxy groups -OCH3 is 1. The van der Waals surface area contributed by atoms with Gasteiger partial charge in [-0.1, -0.05) is 29.8 Å². The van der Waals surface area contributed by atoms with Gasteiger partial charge in [-0.05, 0) is 35.4 Å². The van der Waals surface area contributed by atoms with Gasteiger partial charge in [0.1, 0.15) is 5.75 Å². The van der Waals surface area contributed by atoms with Crippen LogP contribution in [0.5, 0.6) is 5.75 Å². The molecule has 0 aromatic heterocycles. The second kappa shape index (κ2) is 4.45. The van der Waals surface area contributed by atoms with Crippen LogP contribution in [0.4, 0.5) is 5.69 Å². The summed E-state index contributed by atoms with van der Waals surface area (Å²) in [5.74, 6) is 0.825. The highest BCUT2D eigenvalue weighted by molar-refractivity contribution is 6.33. The summed E-state index contributed by atoms with van der Waals surface area (Å²) >= 11 is 5.88. The van der Waals surface area contributed by atoms with E-state index in [9.17, 15) is 0 Å². The van der Waals surface area contributed by atoms with Gasteiger partial charge in [-0.25, -0.2) is 0 Å². The molecule has 0 amide bonds. The molecule has 2 aromatic rings. The molecule has 0 saturated heterocycles. The van der Waals surface area contributed by atoms with Gasteiger partial charge in [-0.3, -0.25) is 0 Å². The van der Waals surface area contributed by atoms with Crippen molar-refractivity contribution in [1.82, 2.24) is 0 Å². The first kappa shape index (κ1) is 10.8. The van der Waals surface area contributed by atoms with Gasteiger partial charge in [0.2, 0.25) is 0 Å². The predicted octanol–water partition coefficient (Wildman–Crippen LogP) is 3.60. The van der Waals surface area contributed by atoms with Crippen molar-refractivity contribution < 1.29 is 4.74 Å². The summed E-state index contributed by atoms with van der Waals surface area (Å²) in [6.45, 7) is 0. The number of hydrogen-bond donors (Lipinski definition) is 1. The molecule has 0 radical (unpaired) electrons. The number of halogens is 1. The lowest BCUT2D eigenvalue weighted by molar-refractivity contribution is 0.415. The highest BCUT2D eigenvalue weighted by Gasteiger charge is 2.02. The van der Waals surface area contributed by atoms with Gasteiger partial charge in [-0.2, -0.15) is 0 Å². The van der Waals surface area contributed by atoms with E-state index in [0.29, 0.717) is 10.7 Å². The van der Waals surface area contributed by atoms with Crippen LogP contribution in [0.25, 0.3) is 11.1 Å². The van der Waals surface area contributed by atoms with E-state index in [-0.39, 0.29) is 0 Å². The normalized spacial score (nSPS) is 10.1. The van der Waals surface area contributed by atoms with Crippen molar-refractivity contribution in [3.8, 4) is 16.9 Å². The largest absolute Gasteiger partial charge is 0.497 e. The molecule has 2 N–H and O–H groups in total. The van der Waals surface area contributed by atoms with Crippen LogP contribution in [0, 0.1) is 0 Å². The third-order valence-corrected chi connectivity index (χ3v) is 2.74. The zero-order valence-corrected chi connectivity index (χ0v) is 9.66. The Morgan fingerprint density at radius 3 is 2.50 bits per heavy atom. The number of nitrogens with two attached hydrogens (primary N) is 1. The fourth-order valence-electron chi connectivity index (χ4n) is 1.53. The number of hydrogen-bond acceptors (Lipinski definition) is 2. The number of nitrogen functional groups attached to an aromatic ring is 1. The Kier molecular flexibility index (Phi) is 3.02. The second-order valence-electron chi connectivity index (χ2n) is 3.47. The summed E-state index contributed by atoms with van der Waals surface area (Å²) < 4.78 is 5.17. The Hall–Kier alpha value is -1.67. The van der Waals surface area contributed by atoms with Gasteiger partial charge in [0, 0.05) is 0 Å². The average Bonchev–Trinajstić information content (AvgIpc) is 2.33. The standard InChI is InChI=1S/C13H12ClNO/c1-16-11-4-2-3-9(7-11)10-5-6-12(14)13(15)8-10/h2-8H,15H2,1H3. The minimum absolute atomic E-state index is 0.576. The summed E-state index contributed by atoms with van der Waals surface area (Å²) in [6.07, 6.45) is 0. The first-order chi connectivity index (χ1) is 7.70. The van der Waals surface area contributed by atoms with Crippen molar-refractivity contribution in [2.24, 2.45) is 0 Å². The Morgan fingerprint density at radius 1 is 1.06 bits per heavy atom. The van der Waals surface area contributed by atoms with Crippen LogP contribution in [0.3, 0.4) is 0 Å². The molecule has 0 aliphatic carbocycles. The lowest BCUT2D eigenvalue weighted by Crippen LogP contribution is -1.88. The molecule has 2 rings (SSSR count). The Labute approximate surface area is 99.6 Å². The Balaban J connectivity index is 2.46. The molecule has 16 heavy (non-hydrogen) atoms. The van der Waals surface area contributed by atoms with Crippen LogP contribution in [0.1, 0.15) is 0 Å². The third kappa shape index (κ3) is 2.12. The van der Waals surface area contributed by atoms with Crippen LogP contribution >= 0.6 is 11.6 Å². The van der Waals surface area contributed by atoms with Gasteiger partial charge < -0.3 is 10.5 Å². The summed E-state index contributed by atoms with van der Waals surface area (Å²) in [5.41, 5.74) is 8.44. The predicted molar refractivity (Wildman–Crippen MR) is 67.9 cm³/mol. The molecule has 0 heterocycles. The summed E-state index contributed by atoms with van der Waals surface area (Å²) in [6, 6.07) is 13.4. The summed E-state index contributed by atoms with van der Waals surface area (Å²) in [5, 5.41) is 0.576. The minimum Gasteiger partial charge on any atom is -0.497 e. The molecule has 0 saturated carbocycles. The molecule has 2 aromatic carbocycles. The smallest absolute Gasteiger partial charge is 0.119 e. The number of ether oxygens (including phenoxy) is 1. The van der Waals surface area contributed by atoms with E-state index in [4.69, 9.17) is 22.1 Å². The monoisotopic (exact) mass is 233 g/mol. The molecular formula is C13H12ClNO. The zero-order chi connectivity index (χ0) is 11.5. The molecule has 0 fully saturated rings. The highest BCUT2D eigenvalue weighted by atomic mass is 35.5. The first-order valence-electron chi connectivity index (χ1n) is 4.90. The van der Waals surface area contributed by atoms with Crippen molar-refractivity contribution in [3.05, 3.63) is 47.5 Å². The maximum atomic E-state index is 5.88. The quantitative estimate of drug-likeness (QED) is 0.805. The number of rotatable bonds is 2. The van der Waals surface area contributed by atoms with Gasteiger partial charge in [0.25, 0.3) is 0 Å². The van der Waals surface area contributed by atoms with E-state index >= 15 is 0 Å². The molecule has 2 nitrogen and oxygen atoms in total. The summed E-state index contributed by atoms with van der Waals surface area (Å²) in [7, 11) is 1.65. The van der Waals surface area contributed by atoms with E-state index in [1.165, 1.54) is 0 Å². The molecule has 0 spiro atoms. The molecule has 0 aliphatic rings. The SMILES string of the molecule is COc1cccc(-c2ccc(Cl)c(N)c2)c1. The maximum absolute atomic E-state index is 5.88. The maximum Gasteiger partial charge on any atom is 0.119 e. The van der Waals surface area contributed by atoms with Gasteiger partial charge >= 0.3 is 0 Å². The lowest BCUT2D eigenvalue weighted by Gasteiger charge is -2.06. The van der Waals surface area contributed by atoms with Crippen LogP contribution < -0.4 is 10.5 Å². The molecule has 0 bridgehead atoms. The molecule has 82 valence electrons. The minimum atomic E-state index is 0.576. The number of benzene rings is 2. The van der Waals surface area contributed by atoms with Gasteiger partial charge in [-0.15, -0.1) is 0 Å². The van der Waals surface area contributed by atoms with Crippen LogP contribution in [-0.4, -0.2) is 7.11 Å². The van der Waals surface area contributed by atoms with Crippen molar-refractivity contribution in [2.75, 3.05) is 12.8 Å². The topological polar surface area (TPSA) is 35.2 Å². The first-order valence-corrected chi connectivity index (χ1v) is 5.28. The zero-order valence-electron chi connectivity index (χ0n) is 8.91. The molecule has 0 aliphatic heterocycles. The van der Waals surface area contributed by atoms with Crippen LogP contribution in [-0.2, 0) is 0 Å².